The first-order valence-electron chi connectivity index (χ1n) is 6.72. The van der Waals surface area contributed by atoms with Gasteiger partial charge >= 0.3 is 0 Å². The predicted molar refractivity (Wildman–Crippen MR) is 80.9 cm³/mol. The van der Waals surface area contributed by atoms with Gasteiger partial charge in [0.1, 0.15) is 5.75 Å². The highest BCUT2D eigenvalue weighted by Crippen LogP contribution is 2.29. The largest absolute Gasteiger partial charge is 0.495 e. The van der Waals surface area contributed by atoms with Gasteiger partial charge in [0, 0.05) is 6.04 Å². The van der Waals surface area contributed by atoms with Gasteiger partial charge in [-0.1, -0.05) is 6.07 Å². The molecule has 116 valence electrons. The maximum Gasteiger partial charge on any atom is 0.239 e. The van der Waals surface area contributed by atoms with Crippen molar-refractivity contribution in [3.05, 3.63) is 23.8 Å². The number of sulfonamides is 1. The molecule has 0 aromatic heterocycles. The molecule has 0 spiro atoms. The Balaban J connectivity index is 2.09. The molecule has 0 aliphatic heterocycles. The van der Waals surface area contributed by atoms with E-state index in [0.29, 0.717) is 11.4 Å². The molecule has 0 atom stereocenters. The van der Waals surface area contributed by atoms with E-state index in [2.05, 4.69) is 5.32 Å². The van der Waals surface area contributed by atoms with Crippen LogP contribution in [0.15, 0.2) is 18.2 Å². The standard InChI is InChI=1S/C14H20N2O4S/c1-10-4-7-13(20-2)12(8-10)15-14(17)9-16(11-5-6-11)21(3,18)19/h4,7-8,11H,5-6,9H2,1-3H3,(H,15,17). The number of benzene rings is 1. The van der Waals surface area contributed by atoms with Crippen molar-refractivity contribution in [3.63, 3.8) is 0 Å². The molecule has 6 nitrogen and oxygen atoms in total. The van der Waals surface area contributed by atoms with Crippen molar-refractivity contribution in [2.75, 3.05) is 25.2 Å². The fourth-order valence-electron chi connectivity index (χ4n) is 2.13. The number of amides is 1. The first kappa shape index (κ1) is 15.8. The van der Waals surface area contributed by atoms with Gasteiger partial charge in [0.15, 0.2) is 0 Å². The van der Waals surface area contributed by atoms with E-state index in [0.717, 1.165) is 24.7 Å². The Hall–Kier alpha value is -1.60. The van der Waals surface area contributed by atoms with Gasteiger partial charge in [-0.25, -0.2) is 8.42 Å². The number of ether oxygens (including phenoxy) is 1. The number of nitrogens with zero attached hydrogens (tertiary/aromatic N) is 1. The summed E-state index contributed by atoms with van der Waals surface area (Å²) in [7, 11) is -1.85. The second-order valence-corrected chi connectivity index (χ2v) is 7.23. The van der Waals surface area contributed by atoms with Crippen molar-refractivity contribution in [2.45, 2.75) is 25.8 Å². The third-order valence-corrected chi connectivity index (χ3v) is 4.59. The van der Waals surface area contributed by atoms with Crippen molar-refractivity contribution < 1.29 is 17.9 Å². The van der Waals surface area contributed by atoms with Crippen LogP contribution in [0.4, 0.5) is 5.69 Å². The molecule has 1 fully saturated rings. The second kappa shape index (κ2) is 6.03. The highest BCUT2D eigenvalue weighted by atomic mass is 32.2. The molecule has 21 heavy (non-hydrogen) atoms. The van der Waals surface area contributed by atoms with Crippen LogP contribution in [0.25, 0.3) is 0 Å². The average Bonchev–Trinajstić information content (AvgIpc) is 3.19. The molecule has 0 heterocycles. The summed E-state index contributed by atoms with van der Waals surface area (Å²) in [6.45, 7) is 1.74. The summed E-state index contributed by atoms with van der Waals surface area (Å²) >= 11 is 0. The van der Waals surface area contributed by atoms with Gasteiger partial charge in [-0.2, -0.15) is 4.31 Å². The minimum absolute atomic E-state index is 0.0369. The molecule has 1 aromatic carbocycles. The summed E-state index contributed by atoms with van der Waals surface area (Å²) in [6, 6.07) is 5.39. The lowest BCUT2D eigenvalue weighted by molar-refractivity contribution is -0.116. The number of hydrogen-bond acceptors (Lipinski definition) is 4. The third-order valence-electron chi connectivity index (χ3n) is 3.31. The smallest absolute Gasteiger partial charge is 0.239 e. The number of anilines is 1. The van der Waals surface area contributed by atoms with Crippen molar-refractivity contribution in [3.8, 4) is 5.75 Å². The number of rotatable bonds is 6. The zero-order valence-corrected chi connectivity index (χ0v) is 13.2. The molecule has 1 amide bonds. The first-order valence-corrected chi connectivity index (χ1v) is 8.57. The van der Waals surface area contributed by atoms with Crippen LogP contribution < -0.4 is 10.1 Å². The van der Waals surface area contributed by atoms with Gasteiger partial charge in [0.2, 0.25) is 15.9 Å². The number of nitrogens with one attached hydrogen (secondary N) is 1. The van der Waals surface area contributed by atoms with Crippen LogP contribution in [0.1, 0.15) is 18.4 Å². The molecule has 1 saturated carbocycles. The average molecular weight is 312 g/mol. The normalized spacial score (nSPS) is 15.0. The zero-order valence-electron chi connectivity index (χ0n) is 12.4. The van der Waals surface area contributed by atoms with E-state index < -0.39 is 10.0 Å². The van der Waals surface area contributed by atoms with Gasteiger partial charge in [-0.05, 0) is 37.5 Å². The van der Waals surface area contributed by atoms with Gasteiger partial charge in [0.25, 0.3) is 0 Å². The van der Waals surface area contributed by atoms with Crippen molar-refractivity contribution in [1.82, 2.24) is 4.31 Å². The summed E-state index contributed by atoms with van der Waals surface area (Å²) in [6.07, 6.45) is 2.76. The Morgan fingerprint density at radius 2 is 2.10 bits per heavy atom. The van der Waals surface area contributed by atoms with E-state index in [-0.39, 0.29) is 18.5 Å². The summed E-state index contributed by atoms with van der Waals surface area (Å²) in [5.41, 5.74) is 1.53. The molecular weight excluding hydrogens is 292 g/mol. The van der Waals surface area contributed by atoms with Crippen LogP contribution in [0.5, 0.6) is 5.75 Å². The Bertz CT molecular complexity index is 638. The first-order chi connectivity index (χ1) is 9.81. The van der Waals surface area contributed by atoms with Gasteiger partial charge in [0.05, 0.1) is 25.6 Å². The Morgan fingerprint density at radius 3 is 2.62 bits per heavy atom. The quantitative estimate of drug-likeness (QED) is 0.860. The Kier molecular flexibility index (Phi) is 4.53. The molecule has 1 N–H and O–H groups in total. The molecule has 2 rings (SSSR count). The highest BCUT2D eigenvalue weighted by Gasteiger charge is 2.36. The molecule has 1 aliphatic rings. The van der Waals surface area contributed by atoms with E-state index in [1.165, 1.54) is 11.4 Å². The molecular formula is C14H20N2O4S. The van der Waals surface area contributed by atoms with E-state index >= 15 is 0 Å². The predicted octanol–water partition coefficient (Wildman–Crippen LogP) is 1.37. The van der Waals surface area contributed by atoms with E-state index in [1.807, 2.05) is 13.0 Å². The van der Waals surface area contributed by atoms with Crippen LogP contribution in [0, 0.1) is 6.92 Å². The Morgan fingerprint density at radius 1 is 1.43 bits per heavy atom. The number of hydrogen-bond donors (Lipinski definition) is 1. The number of methoxy groups -OCH3 is 1. The number of aryl methyl sites for hydroxylation is 1. The minimum atomic E-state index is -3.37. The van der Waals surface area contributed by atoms with Crippen LogP contribution in [-0.4, -0.2) is 44.6 Å². The van der Waals surface area contributed by atoms with Crippen molar-refractivity contribution in [2.24, 2.45) is 0 Å². The van der Waals surface area contributed by atoms with Gasteiger partial charge in [-0.3, -0.25) is 4.79 Å². The van der Waals surface area contributed by atoms with Crippen LogP contribution in [0.2, 0.25) is 0 Å². The maximum absolute atomic E-state index is 12.1. The topological polar surface area (TPSA) is 75.7 Å². The fourth-order valence-corrected chi connectivity index (χ4v) is 3.23. The third kappa shape index (κ3) is 4.18. The van der Waals surface area contributed by atoms with E-state index in [9.17, 15) is 13.2 Å². The lowest BCUT2D eigenvalue weighted by atomic mass is 10.2. The van der Waals surface area contributed by atoms with Crippen LogP contribution in [0.3, 0.4) is 0 Å². The highest BCUT2D eigenvalue weighted by molar-refractivity contribution is 7.88. The number of carbonyl (C=O) groups is 1. The van der Waals surface area contributed by atoms with Crippen LogP contribution >= 0.6 is 0 Å². The van der Waals surface area contributed by atoms with Gasteiger partial charge < -0.3 is 10.1 Å². The van der Waals surface area contributed by atoms with E-state index in [1.54, 1.807) is 12.1 Å². The molecule has 1 aliphatic carbocycles. The van der Waals surface area contributed by atoms with Crippen LogP contribution in [-0.2, 0) is 14.8 Å². The molecule has 0 unspecified atom stereocenters. The molecule has 0 radical (unpaired) electrons. The zero-order chi connectivity index (χ0) is 15.6. The minimum Gasteiger partial charge on any atom is -0.495 e. The lowest BCUT2D eigenvalue weighted by Crippen LogP contribution is -2.38. The number of carbonyl (C=O) groups excluding carboxylic acids is 1. The summed E-state index contributed by atoms with van der Waals surface area (Å²) in [5.74, 6) is 0.183. The molecule has 0 bridgehead atoms. The second-order valence-electron chi connectivity index (χ2n) is 5.29. The molecule has 7 heteroatoms. The summed E-state index contributed by atoms with van der Waals surface area (Å²) < 4.78 is 29.8. The summed E-state index contributed by atoms with van der Waals surface area (Å²) in [5, 5.41) is 2.72. The Labute approximate surface area is 125 Å². The van der Waals surface area contributed by atoms with E-state index in [4.69, 9.17) is 4.74 Å². The van der Waals surface area contributed by atoms with Gasteiger partial charge in [-0.15, -0.1) is 0 Å². The lowest BCUT2D eigenvalue weighted by Gasteiger charge is -2.19. The molecule has 0 saturated heterocycles. The molecule has 1 aromatic rings. The fraction of sp³-hybridized carbons (Fsp3) is 0.500. The summed E-state index contributed by atoms with van der Waals surface area (Å²) in [4.78, 5) is 12.1. The SMILES string of the molecule is COc1ccc(C)cc1NC(=O)CN(C1CC1)S(C)(=O)=O. The van der Waals surface area contributed by atoms with Crippen molar-refractivity contribution >= 4 is 21.6 Å². The monoisotopic (exact) mass is 312 g/mol. The maximum atomic E-state index is 12.1. The van der Waals surface area contributed by atoms with Crippen molar-refractivity contribution in [1.29, 1.82) is 0 Å².